The Morgan fingerprint density at radius 3 is 2.12 bits per heavy atom. The number of nitrogens with one attached hydrogen (secondary N) is 1. The van der Waals surface area contributed by atoms with E-state index >= 15 is 0 Å². The van der Waals surface area contributed by atoms with Crippen LogP contribution in [-0.2, 0) is 4.74 Å². The van der Waals surface area contributed by atoms with Crippen LogP contribution in [-0.4, -0.2) is 22.8 Å². The highest BCUT2D eigenvalue weighted by Gasteiger charge is 2.42. The van der Waals surface area contributed by atoms with Crippen molar-refractivity contribution in [2.75, 3.05) is 0 Å². The molecular weight excluding hydrogens is 216 g/mol. The monoisotopic (exact) mass is 242 g/mol. The molecule has 0 heterocycles. The summed E-state index contributed by atoms with van der Waals surface area (Å²) in [4.78, 5) is 11.8. The maximum Gasteiger partial charge on any atom is 0.408 e. The molecule has 1 aliphatic carbocycles. The fourth-order valence-corrected chi connectivity index (χ4v) is 2.34. The van der Waals surface area contributed by atoms with E-state index in [1.54, 1.807) is 0 Å². The molecule has 1 amide bonds. The molecule has 0 aliphatic heterocycles. The van der Waals surface area contributed by atoms with Gasteiger partial charge in [-0.15, -0.1) is 0 Å². The number of hydrogen-bond acceptors (Lipinski definition) is 3. The molecule has 1 aliphatic rings. The van der Waals surface area contributed by atoms with Crippen LogP contribution < -0.4 is 11.1 Å². The van der Waals surface area contributed by atoms with Gasteiger partial charge < -0.3 is 15.8 Å². The molecule has 0 atom stereocenters. The second-order valence-electron chi connectivity index (χ2n) is 6.93. The van der Waals surface area contributed by atoms with Crippen LogP contribution in [0.25, 0.3) is 0 Å². The molecule has 1 fully saturated rings. The molecule has 0 aromatic carbocycles. The minimum absolute atomic E-state index is 0.152. The topological polar surface area (TPSA) is 64.3 Å². The number of carbonyl (C=O) groups excluding carboxylic acids is 1. The first-order chi connectivity index (χ1) is 7.52. The molecule has 3 N–H and O–H groups in total. The fourth-order valence-electron chi connectivity index (χ4n) is 2.34. The molecule has 1 saturated carbocycles. The Bertz CT molecular complexity index is 283. The lowest BCUT2D eigenvalue weighted by Gasteiger charge is -2.46. The summed E-state index contributed by atoms with van der Waals surface area (Å²) in [5.41, 5.74) is 5.17. The maximum atomic E-state index is 11.8. The molecule has 17 heavy (non-hydrogen) atoms. The van der Waals surface area contributed by atoms with Gasteiger partial charge in [-0.1, -0.05) is 0 Å². The zero-order valence-corrected chi connectivity index (χ0v) is 11.7. The lowest BCUT2D eigenvalue weighted by molar-refractivity contribution is 0.0344. The third kappa shape index (κ3) is 4.94. The van der Waals surface area contributed by atoms with E-state index in [1.807, 2.05) is 34.6 Å². The van der Waals surface area contributed by atoms with Crippen LogP contribution in [0.5, 0.6) is 0 Å². The fraction of sp³-hybridized carbons (Fsp3) is 0.923. The van der Waals surface area contributed by atoms with Gasteiger partial charge in [0, 0.05) is 11.1 Å². The first-order valence-corrected chi connectivity index (χ1v) is 6.32. The number of amides is 1. The van der Waals surface area contributed by atoms with Crippen molar-refractivity contribution in [3.8, 4) is 0 Å². The van der Waals surface area contributed by atoms with Crippen molar-refractivity contribution < 1.29 is 9.53 Å². The van der Waals surface area contributed by atoms with Gasteiger partial charge in [-0.25, -0.2) is 4.79 Å². The average Bonchev–Trinajstić information content (AvgIpc) is 1.93. The highest BCUT2D eigenvalue weighted by molar-refractivity contribution is 5.69. The van der Waals surface area contributed by atoms with Gasteiger partial charge in [0.05, 0.1) is 0 Å². The Labute approximate surface area is 104 Å². The van der Waals surface area contributed by atoms with Gasteiger partial charge >= 0.3 is 6.09 Å². The van der Waals surface area contributed by atoms with Gasteiger partial charge in [0.1, 0.15) is 5.60 Å². The zero-order chi connectivity index (χ0) is 13.3. The van der Waals surface area contributed by atoms with Crippen LogP contribution >= 0.6 is 0 Å². The van der Waals surface area contributed by atoms with Gasteiger partial charge in [-0.3, -0.25) is 0 Å². The maximum absolute atomic E-state index is 11.8. The van der Waals surface area contributed by atoms with Crippen molar-refractivity contribution in [3.05, 3.63) is 0 Å². The van der Waals surface area contributed by atoms with Crippen molar-refractivity contribution >= 4 is 6.09 Å². The van der Waals surface area contributed by atoms with E-state index in [0.29, 0.717) is 0 Å². The first-order valence-electron chi connectivity index (χ1n) is 6.32. The Kier molecular flexibility index (Phi) is 3.77. The average molecular weight is 242 g/mol. The molecule has 0 bridgehead atoms. The quantitative estimate of drug-likeness (QED) is 0.799. The third-order valence-corrected chi connectivity index (χ3v) is 2.87. The van der Waals surface area contributed by atoms with Crippen molar-refractivity contribution in [2.24, 2.45) is 5.73 Å². The van der Waals surface area contributed by atoms with E-state index in [2.05, 4.69) is 5.32 Å². The highest BCUT2D eigenvalue weighted by Crippen LogP contribution is 2.38. The molecule has 0 unspecified atom stereocenters. The van der Waals surface area contributed by atoms with E-state index in [4.69, 9.17) is 10.5 Å². The lowest BCUT2D eigenvalue weighted by Crippen LogP contribution is -2.58. The minimum atomic E-state index is -0.451. The first kappa shape index (κ1) is 14.3. The number of alkyl carbamates (subject to hydrolysis) is 1. The van der Waals surface area contributed by atoms with Crippen molar-refractivity contribution in [2.45, 2.75) is 77.0 Å². The largest absolute Gasteiger partial charge is 0.444 e. The van der Waals surface area contributed by atoms with E-state index in [9.17, 15) is 4.79 Å². The smallest absolute Gasteiger partial charge is 0.408 e. The molecule has 0 spiro atoms. The summed E-state index contributed by atoms with van der Waals surface area (Å²) in [5.74, 6) is 0. The number of nitrogens with two attached hydrogens (primary N) is 1. The van der Waals surface area contributed by atoms with Gasteiger partial charge in [0.2, 0.25) is 0 Å². The van der Waals surface area contributed by atoms with Gasteiger partial charge in [-0.05, 0) is 60.3 Å². The molecule has 100 valence electrons. The van der Waals surface area contributed by atoms with Crippen LogP contribution in [0.15, 0.2) is 0 Å². The van der Waals surface area contributed by atoms with Crippen molar-refractivity contribution in [3.63, 3.8) is 0 Å². The standard InChI is InChI=1S/C13H26N2O2/c1-11(2,3)17-10(16)15-13(7-6-8-13)9-12(4,5)14/h6-9,14H2,1-5H3,(H,15,16). The normalized spacial score (nSPS) is 19.4. The summed E-state index contributed by atoms with van der Waals surface area (Å²) >= 11 is 0. The predicted molar refractivity (Wildman–Crippen MR) is 68.8 cm³/mol. The van der Waals surface area contributed by atoms with E-state index in [1.165, 1.54) is 0 Å². The molecule has 0 aromatic rings. The molecule has 4 nitrogen and oxygen atoms in total. The Hall–Kier alpha value is -0.770. The van der Waals surface area contributed by atoms with Crippen LogP contribution in [0, 0.1) is 0 Å². The zero-order valence-electron chi connectivity index (χ0n) is 11.7. The van der Waals surface area contributed by atoms with Crippen LogP contribution in [0.1, 0.15) is 60.3 Å². The van der Waals surface area contributed by atoms with Gasteiger partial charge in [-0.2, -0.15) is 0 Å². The lowest BCUT2D eigenvalue weighted by atomic mass is 9.70. The van der Waals surface area contributed by atoms with Crippen LogP contribution in [0.3, 0.4) is 0 Å². The van der Waals surface area contributed by atoms with Gasteiger partial charge in [0.15, 0.2) is 0 Å². The highest BCUT2D eigenvalue weighted by atomic mass is 16.6. The second-order valence-corrected chi connectivity index (χ2v) is 6.93. The predicted octanol–water partition coefficient (Wildman–Crippen LogP) is 2.56. The van der Waals surface area contributed by atoms with Crippen molar-refractivity contribution in [1.29, 1.82) is 0 Å². The van der Waals surface area contributed by atoms with Crippen molar-refractivity contribution in [1.82, 2.24) is 5.32 Å². The third-order valence-electron chi connectivity index (χ3n) is 2.87. The van der Waals surface area contributed by atoms with Crippen LogP contribution in [0.4, 0.5) is 4.79 Å². The Morgan fingerprint density at radius 1 is 1.29 bits per heavy atom. The summed E-state index contributed by atoms with van der Waals surface area (Å²) in [6, 6.07) is 0. The summed E-state index contributed by atoms with van der Waals surface area (Å²) in [6.07, 6.45) is 3.59. The Morgan fingerprint density at radius 2 is 1.82 bits per heavy atom. The minimum Gasteiger partial charge on any atom is -0.444 e. The summed E-state index contributed by atoms with van der Waals surface area (Å²) in [7, 11) is 0. The summed E-state index contributed by atoms with van der Waals surface area (Å²) in [5, 5.41) is 3.00. The van der Waals surface area contributed by atoms with E-state index < -0.39 is 5.60 Å². The van der Waals surface area contributed by atoms with E-state index in [0.717, 1.165) is 25.7 Å². The number of ether oxygens (including phenoxy) is 1. The number of rotatable bonds is 3. The van der Waals surface area contributed by atoms with E-state index in [-0.39, 0.29) is 17.2 Å². The SMILES string of the molecule is CC(C)(N)CC1(NC(=O)OC(C)(C)C)CCC1. The van der Waals surface area contributed by atoms with Gasteiger partial charge in [0.25, 0.3) is 0 Å². The molecule has 1 rings (SSSR count). The molecule has 4 heteroatoms. The second kappa shape index (κ2) is 4.48. The summed E-state index contributed by atoms with van der Waals surface area (Å²) < 4.78 is 5.29. The summed E-state index contributed by atoms with van der Waals surface area (Å²) in [6.45, 7) is 9.58. The number of hydrogen-bond donors (Lipinski definition) is 2. The molecule has 0 aromatic heterocycles. The number of carbonyl (C=O) groups is 1. The molecule has 0 radical (unpaired) electrons. The molecular formula is C13H26N2O2. The Balaban J connectivity index is 2.55. The van der Waals surface area contributed by atoms with Crippen LogP contribution in [0.2, 0.25) is 0 Å². The molecule has 0 saturated heterocycles.